The molecule has 24 heavy (non-hydrogen) atoms. The predicted molar refractivity (Wildman–Crippen MR) is 96.6 cm³/mol. The molecular formula is C19H35N3O2. The predicted octanol–water partition coefficient (Wildman–Crippen LogP) is 2.12. The van der Waals surface area contributed by atoms with E-state index in [4.69, 9.17) is 0 Å². The van der Waals surface area contributed by atoms with E-state index in [1.165, 1.54) is 12.8 Å². The van der Waals surface area contributed by atoms with E-state index in [9.17, 15) is 9.59 Å². The first-order valence-electron chi connectivity index (χ1n) is 9.57. The number of carbonyl (C=O) groups excluding carboxylic acids is 2. The van der Waals surface area contributed by atoms with Crippen molar-refractivity contribution in [3.63, 3.8) is 0 Å². The Morgan fingerprint density at radius 1 is 1.00 bits per heavy atom. The van der Waals surface area contributed by atoms with E-state index in [0.29, 0.717) is 13.1 Å². The molecule has 0 atom stereocenters. The van der Waals surface area contributed by atoms with Crippen molar-refractivity contribution in [2.45, 2.75) is 53.4 Å². The summed E-state index contributed by atoms with van der Waals surface area (Å²) < 4.78 is 0. The molecule has 1 N–H and O–H groups in total. The smallest absolute Gasteiger partial charge is 0.227 e. The highest BCUT2D eigenvalue weighted by atomic mass is 16.2. The summed E-state index contributed by atoms with van der Waals surface area (Å²) in [6, 6.07) is 0. The van der Waals surface area contributed by atoms with Crippen LogP contribution in [-0.2, 0) is 9.59 Å². The zero-order valence-electron chi connectivity index (χ0n) is 15.9. The van der Waals surface area contributed by atoms with E-state index in [1.54, 1.807) is 0 Å². The molecule has 0 aromatic carbocycles. The number of likely N-dealkylation sites (tertiary alicyclic amines) is 2. The average Bonchev–Trinajstić information content (AvgIpc) is 2.55. The Morgan fingerprint density at radius 2 is 1.58 bits per heavy atom. The van der Waals surface area contributed by atoms with Gasteiger partial charge in [0.1, 0.15) is 0 Å². The van der Waals surface area contributed by atoms with E-state index in [-0.39, 0.29) is 23.1 Å². The molecule has 0 aliphatic carbocycles. The number of nitrogens with zero attached hydrogens (tertiary/aromatic N) is 2. The van der Waals surface area contributed by atoms with Crippen molar-refractivity contribution in [2.75, 3.05) is 39.3 Å². The van der Waals surface area contributed by atoms with Gasteiger partial charge in [-0.2, -0.15) is 0 Å². The van der Waals surface area contributed by atoms with E-state index < -0.39 is 0 Å². The highest BCUT2D eigenvalue weighted by molar-refractivity contribution is 5.82. The molecule has 2 fully saturated rings. The van der Waals surface area contributed by atoms with Crippen molar-refractivity contribution in [3.05, 3.63) is 0 Å². The summed E-state index contributed by atoms with van der Waals surface area (Å²) in [6.07, 6.45) is 4.12. The number of rotatable bonds is 4. The van der Waals surface area contributed by atoms with Crippen molar-refractivity contribution >= 4 is 11.8 Å². The maximum absolute atomic E-state index is 12.3. The fourth-order valence-corrected chi connectivity index (χ4v) is 3.59. The van der Waals surface area contributed by atoms with Crippen LogP contribution in [0.25, 0.3) is 0 Å². The van der Waals surface area contributed by atoms with Crippen LogP contribution >= 0.6 is 0 Å². The topological polar surface area (TPSA) is 52.7 Å². The fraction of sp³-hybridized carbons (Fsp3) is 0.895. The van der Waals surface area contributed by atoms with Gasteiger partial charge in [-0.1, -0.05) is 27.7 Å². The van der Waals surface area contributed by atoms with Crippen LogP contribution < -0.4 is 5.32 Å². The van der Waals surface area contributed by atoms with E-state index >= 15 is 0 Å². The number of piperidine rings is 2. The quantitative estimate of drug-likeness (QED) is 0.855. The minimum Gasteiger partial charge on any atom is -0.355 e. The maximum atomic E-state index is 12.3. The zero-order chi connectivity index (χ0) is 17.7. The second kappa shape index (κ2) is 8.32. The third-order valence-electron chi connectivity index (χ3n) is 5.40. The Kier molecular flexibility index (Phi) is 6.67. The van der Waals surface area contributed by atoms with Gasteiger partial charge < -0.3 is 15.1 Å². The van der Waals surface area contributed by atoms with Crippen LogP contribution in [0.4, 0.5) is 0 Å². The lowest BCUT2D eigenvalue weighted by atomic mass is 9.90. The molecule has 2 amide bonds. The molecule has 0 aromatic rings. The average molecular weight is 338 g/mol. The summed E-state index contributed by atoms with van der Waals surface area (Å²) in [5.74, 6) is 1.27. The van der Waals surface area contributed by atoms with Crippen LogP contribution in [0, 0.1) is 17.3 Å². The van der Waals surface area contributed by atoms with Gasteiger partial charge in [0, 0.05) is 37.5 Å². The number of hydrogen-bond acceptors (Lipinski definition) is 3. The number of nitrogens with one attached hydrogen (secondary N) is 1. The third-order valence-corrected chi connectivity index (χ3v) is 5.40. The normalized spacial score (nSPS) is 21.8. The Morgan fingerprint density at radius 3 is 2.12 bits per heavy atom. The molecular weight excluding hydrogens is 302 g/mol. The van der Waals surface area contributed by atoms with E-state index in [0.717, 1.165) is 44.9 Å². The van der Waals surface area contributed by atoms with Gasteiger partial charge >= 0.3 is 0 Å². The van der Waals surface area contributed by atoms with Gasteiger partial charge in [0.25, 0.3) is 0 Å². The van der Waals surface area contributed by atoms with Crippen LogP contribution in [0.2, 0.25) is 0 Å². The van der Waals surface area contributed by atoms with E-state index in [2.05, 4.69) is 17.1 Å². The fourth-order valence-electron chi connectivity index (χ4n) is 3.59. The molecule has 0 bridgehead atoms. The first kappa shape index (κ1) is 19.2. The first-order chi connectivity index (χ1) is 11.3. The molecule has 0 saturated carbocycles. The minimum atomic E-state index is -0.332. The van der Waals surface area contributed by atoms with Gasteiger partial charge in [-0.05, 0) is 44.7 Å². The second-order valence-electron chi connectivity index (χ2n) is 8.63. The molecule has 2 aliphatic heterocycles. The molecule has 0 unspecified atom stereocenters. The second-order valence-corrected chi connectivity index (χ2v) is 8.63. The molecule has 138 valence electrons. The Labute approximate surface area is 147 Å². The largest absolute Gasteiger partial charge is 0.355 e. The SMILES string of the molecule is CC1CCN(CCNC(=O)C2CCN(C(=O)C(C)(C)C)CC2)CC1. The molecule has 0 radical (unpaired) electrons. The van der Waals surface area contributed by atoms with Crippen molar-refractivity contribution in [2.24, 2.45) is 17.3 Å². The standard InChI is InChI=1S/C19H35N3O2/c1-15-5-10-21(11-6-15)14-9-20-17(23)16-7-12-22(13-8-16)18(24)19(2,3)4/h15-16H,5-14H2,1-4H3,(H,20,23). The van der Waals surface area contributed by atoms with Crippen molar-refractivity contribution in [3.8, 4) is 0 Å². The summed E-state index contributed by atoms with van der Waals surface area (Å²) in [6.45, 7) is 13.6. The zero-order valence-corrected chi connectivity index (χ0v) is 15.9. The van der Waals surface area contributed by atoms with Gasteiger partial charge in [0.05, 0.1) is 0 Å². The maximum Gasteiger partial charge on any atom is 0.227 e. The molecule has 0 aromatic heterocycles. The van der Waals surface area contributed by atoms with Gasteiger partial charge in [0.15, 0.2) is 0 Å². The van der Waals surface area contributed by atoms with Crippen LogP contribution in [-0.4, -0.2) is 60.9 Å². The Bertz CT molecular complexity index is 428. The molecule has 2 saturated heterocycles. The van der Waals surface area contributed by atoms with Crippen molar-refractivity contribution in [1.29, 1.82) is 0 Å². The van der Waals surface area contributed by atoms with E-state index in [1.807, 2.05) is 25.7 Å². The highest BCUT2D eigenvalue weighted by Gasteiger charge is 2.32. The third kappa shape index (κ3) is 5.47. The van der Waals surface area contributed by atoms with Crippen LogP contribution in [0.5, 0.6) is 0 Å². The van der Waals surface area contributed by atoms with Crippen LogP contribution in [0.1, 0.15) is 53.4 Å². The van der Waals surface area contributed by atoms with Crippen molar-refractivity contribution in [1.82, 2.24) is 15.1 Å². The summed E-state index contributed by atoms with van der Waals surface area (Å²) in [5.41, 5.74) is -0.332. The summed E-state index contributed by atoms with van der Waals surface area (Å²) >= 11 is 0. The molecule has 5 nitrogen and oxygen atoms in total. The van der Waals surface area contributed by atoms with Gasteiger partial charge in [0.2, 0.25) is 11.8 Å². The summed E-state index contributed by atoms with van der Waals surface area (Å²) in [7, 11) is 0. The Balaban J connectivity index is 1.65. The lowest BCUT2D eigenvalue weighted by Gasteiger charge is -2.35. The molecule has 2 rings (SSSR count). The number of hydrogen-bond donors (Lipinski definition) is 1. The number of carbonyl (C=O) groups is 2. The molecule has 2 aliphatic rings. The molecule has 0 spiro atoms. The Hall–Kier alpha value is -1.10. The van der Waals surface area contributed by atoms with Crippen molar-refractivity contribution < 1.29 is 9.59 Å². The minimum absolute atomic E-state index is 0.0652. The van der Waals surface area contributed by atoms with Crippen LogP contribution in [0.3, 0.4) is 0 Å². The lowest BCUT2D eigenvalue weighted by Crippen LogP contribution is -2.47. The highest BCUT2D eigenvalue weighted by Crippen LogP contribution is 2.23. The van der Waals surface area contributed by atoms with Gasteiger partial charge in [-0.15, -0.1) is 0 Å². The van der Waals surface area contributed by atoms with Gasteiger partial charge in [-0.3, -0.25) is 9.59 Å². The summed E-state index contributed by atoms with van der Waals surface area (Å²) in [5, 5.41) is 3.10. The first-order valence-corrected chi connectivity index (χ1v) is 9.57. The monoisotopic (exact) mass is 337 g/mol. The number of amides is 2. The lowest BCUT2D eigenvalue weighted by molar-refractivity contribution is -0.142. The van der Waals surface area contributed by atoms with Gasteiger partial charge in [-0.25, -0.2) is 0 Å². The molecule has 5 heteroatoms. The molecule has 2 heterocycles. The summed E-state index contributed by atoms with van der Waals surface area (Å²) in [4.78, 5) is 29.0. The van der Waals surface area contributed by atoms with Crippen LogP contribution in [0.15, 0.2) is 0 Å².